The number of carbonyl (C=O) groups is 1. The van der Waals surface area contributed by atoms with Crippen molar-refractivity contribution in [1.29, 1.82) is 0 Å². The second-order valence-corrected chi connectivity index (χ2v) is 7.95. The Hall–Kier alpha value is -3.33. The number of aromatic nitrogens is 4. The number of methoxy groups -OCH3 is 1. The largest absolute Gasteiger partial charge is 0.497 e. The fraction of sp³-hybridized carbons (Fsp3) is 0.435. The highest BCUT2D eigenvalue weighted by Gasteiger charge is 2.27. The lowest BCUT2D eigenvalue weighted by molar-refractivity contribution is -0.139. The summed E-state index contributed by atoms with van der Waals surface area (Å²) in [5, 5.41) is 8.05. The zero-order chi connectivity index (χ0) is 22.5. The Bertz CT molecular complexity index is 1050. The topological polar surface area (TPSA) is 103 Å². The second kappa shape index (κ2) is 9.86. The minimum atomic E-state index is -0.325. The smallest absolute Gasteiger partial charge is 0.223 e. The van der Waals surface area contributed by atoms with E-state index in [1.807, 2.05) is 38.1 Å². The predicted molar refractivity (Wildman–Crippen MR) is 116 cm³/mol. The van der Waals surface area contributed by atoms with Crippen molar-refractivity contribution in [1.82, 2.24) is 25.1 Å². The van der Waals surface area contributed by atoms with Crippen LogP contribution in [0.1, 0.15) is 49.8 Å². The summed E-state index contributed by atoms with van der Waals surface area (Å²) >= 11 is 0. The van der Waals surface area contributed by atoms with Crippen molar-refractivity contribution in [3.8, 4) is 17.0 Å². The van der Waals surface area contributed by atoms with Crippen molar-refractivity contribution in [3.63, 3.8) is 0 Å². The fourth-order valence-corrected chi connectivity index (χ4v) is 3.46. The average molecular weight is 438 g/mol. The molecule has 32 heavy (non-hydrogen) atoms. The molecule has 0 N–H and O–H groups in total. The van der Waals surface area contributed by atoms with E-state index < -0.39 is 0 Å². The molecule has 9 nitrogen and oxygen atoms in total. The Kier molecular flexibility index (Phi) is 6.75. The van der Waals surface area contributed by atoms with Gasteiger partial charge in [-0.15, -0.1) is 10.2 Å². The third kappa shape index (κ3) is 5.11. The van der Waals surface area contributed by atoms with Crippen LogP contribution in [0.3, 0.4) is 0 Å². The standard InChI is InChI=1S/C23H27N5O4/c1-15(2)23-27-26-21(32-23)8-9-22(29)28-10-11-31-20(14-28)19-13-24-12-18(25-19)16-4-6-17(30-3)7-5-16/h4-7,12-13,15,20H,8-11,14H2,1-3H3/t20-/m1/s1. The van der Waals surface area contributed by atoms with Crippen LogP contribution in [0.4, 0.5) is 0 Å². The van der Waals surface area contributed by atoms with E-state index in [4.69, 9.17) is 18.9 Å². The first-order chi connectivity index (χ1) is 15.5. The summed E-state index contributed by atoms with van der Waals surface area (Å²) in [6.45, 7) is 5.40. The van der Waals surface area contributed by atoms with Gasteiger partial charge in [0.25, 0.3) is 0 Å². The van der Waals surface area contributed by atoms with Crippen molar-refractivity contribution in [2.45, 2.75) is 38.7 Å². The molecule has 0 unspecified atom stereocenters. The summed E-state index contributed by atoms with van der Waals surface area (Å²) in [7, 11) is 1.63. The summed E-state index contributed by atoms with van der Waals surface area (Å²) in [6.07, 6.45) is 3.82. The van der Waals surface area contributed by atoms with E-state index in [1.54, 1.807) is 24.4 Å². The number of morpholine rings is 1. The van der Waals surface area contributed by atoms with Gasteiger partial charge in [0.2, 0.25) is 17.7 Å². The molecule has 0 saturated carbocycles. The van der Waals surface area contributed by atoms with Crippen LogP contribution in [0.5, 0.6) is 5.75 Å². The summed E-state index contributed by atoms with van der Waals surface area (Å²) in [4.78, 5) is 23.6. The van der Waals surface area contributed by atoms with Crippen LogP contribution in [-0.2, 0) is 16.0 Å². The molecule has 1 atom stereocenters. The quantitative estimate of drug-likeness (QED) is 0.555. The maximum atomic E-state index is 12.8. The minimum Gasteiger partial charge on any atom is -0.497 e. The van der Waals surface area contributed by atoms with Gasteiger partial charge in [-0.2, -0.15) is 0 Å². The molecule has 1 amide bonds. The molecule has 9 heteroatoms. The number of ether oxygens (including phenoxy) is 2. The zero-order valence-corrected chi connectivity index (χ0v) is 18.5. The number of rotatable bonds is 7. The van der Waals surface area contributed by atoms with E-state index in [0.717, 1.165) is 17.0 Å². The van der Waals surface area contributed by atoms with Gasteiger partial charge in [0.1, 0.15) is 11.9 Å². The molecule has 1 aliphatic rings. The minimum absolute atomic E-state index is 0.0295. The number of amides is 1. The average Bonchev–Trinajstić information content (AvgIpc) is 3.32. The molecule has 1 fully saturated rings. The number of hydrogen-bond acceptors (Lipinski definition) is 8. The van der Waals surface area contributed by atoms with Gasteiger partial charge in [0.15, 0.2) is 0 Å². The van der Waals surface area contributed by atoms with Gasteiger partial charge in [-0.1, -0.05) is 13.8 Å². The van der Waals surface area contributed by atoms with Gasteiger partial charge in [0.05, 0.1) is 44.0 Å². The Morgan fingerprint density at radius 1 is 1.22 bits per heavy atom. The second-order valence-electron chi connectivity index (χ2n) is 7.95. The number of carbonyl (C=O) groups excluding carboxylic acids is 1. The molecule has 4 rings (SSSR count). The van der Waals surface area contributed by atoms with Gasteiger partial charge < -0.3 is 18.8 Å². The zero-order valence-electron chi connectivity index (χ0n) is 18.5. The monoisotopic (exact) mass is 437 g/mol. The summed E-state index contributed by atoms with van der Waals surface area (Å²) in [5.41, 5.74) is 2.38. The van der Waals surface area contributed by atoms with Crippen LogP contribution < -0.4 is 4.74 Å². The van der Waals surface area contributed by atoms with E-state index in [9.17, 15) is 4.79 Å². The van der Waals surface area contributed by atoms with E-state index in [2.05, 4.69) is 15.2 Å². The molecule has 168 valence electrons. The van der Waals surface area contributed by atoms with Gasteiger partial charge in [0, 0.05) is 30.9 Å². The maximum absolute atomic E-state index is 12.8. The van der Waals surface area contributed by atoms with Crippen molar-refractivity contribution >= 4 is 5.91 Å². The number of aryl methyl sites for hydroxylation is 1. The molecule has 0 radical (unpaired) electrons. The molecule has 0 bridgehead atoms. The Morgan fingerprint density at radius 2 is 2.03 bits per heavy atom. The molecule has 3 aromatic rings. The Morgan fingerprint density at radius 3 is 2.75 bits per heavy atom. The maximum Gasteiger partial charge on any atom is 0.223 e. The van der Waals surface area contributed by atoms with E-state index in [0.29, 0.717) is 50.0 Å². The molecule has 2 aromatic heterocycles. The van der Waals surface area contributed by atoms with Gasteiger partial charge >= 0.3 is 0 Å². The number of benzene rings is 1. The lowest BCUT2D eigenvalue weighted by Gasteiger charge is -2.32. The van der Waals surface area contributed by atoms with Crippen LogP contribution in [0.25, 0.3) is 11.3 Å². The van der Waals surface area contributed by atoms with Crippen molar-refractivity contribution in [3.05, 3.63) is 54.1 Å². The molecule has 1 saturated heterocycles. The Labute approximate surface area is 186 Å². The molecule has 0 aliphatic carbocycles. The van der Waals surface area contributed by atoms with E-state index in [-0.39, 0.29) is 17.9 Å². The molecular formula is C23H27N5O4. The molecule has 0 spiro atoms. The lowest BCUT2D eigenvalue weighted by atomic mass is 10.1. The molecular weight excluding hydrogens is 410 g/mol. The first kappa shape index (κ1) is 21.9. The lowest BCUT2D eigenvalue weighted by Crippen LogP contribution is -2.42. The summed E-state index contributed by atoms with van der Waals surface area (Å²) < 4.78 is 16.7. The van der Waals surface area contributed by atoms with E-state index in [1.165, 1.54) is 0 Å². The molecule has 3 heterocycles. The number of nitrogens with zero attached hydrogens (tertiary/aromatic N) is 5. The SMILES string of the molecule is COc1ccc(-c2cncc([C@H]3CN(C(=O)CCc4nnc(C(C)C)o4)CCO3)n2)cc1. The van der Waals surface area contributed by atoms with Crippen molar-refractivity contribution < 1.29 is 18.7 Å². The van der Waals surface area contributed by atoms with E-state index >= 15 is 0 Å². The highest BCUT2D eigenvalue weighted by atomic mass is 16.5. The van der Waals surface area contributed by atoms with Gasteiger partial charge in [-0.3, -0.25) is 9.78 Å². The third-order valence-corrected chi connectivity index (χ3v) is 5.32. The van der Waals surface area contributed by atoms with Crippen LogP contribution >= 0.6 is 0 Å². The van der Waals surface area contributed by atoms with Crippen molar-refractivity contribution in [2.24, 2.45) is 0 Å². The first-order valence-electron chi connectivity index (χ1n) is 10.7. The Balaban J connectivity index is 1.39. The summed E-state index contributed by atoms with van der Waals surface area (Å²) in [6, 6.07) is 7.64. The number of hydrogen-bond donors (Lipinski definition) is 0. The van der Waals surface area contributed by atoms with Crippen molar-refractivity contribution in [2.75, 3.05) is 26.8 Å². The van der Waals surface area contributed by atoms with Crippen LogP contribution in [0.15, 0.2) is 41.1 Å². The normalized spacial score (nSPS) is 16.4. The predicted octanol–water partition coefficient (Wildman–Crippen LogP) is 3.19. The first-order valence-corrected chi connectivity index (χ1v) is 10.7. The summed E-state index contributed by atoms with van der Waals surface area (Å²) in [5.74, 6) is 2.06. The third-order valence-electron chi connectivity index (χ3n) is 5.32. The van der Waals surface area contributed by atoms with Crippen LogP contribution in [-0.4, -0.2) is 57.8 Å². The van der Waals surface area contributed by atoms with Crippen LogP contribution in [0.2, 0.25) is 0 Å². The molecule has 1 aromatic carbocycles. The fourth-order valence-electron chi connectivity index (χ4n) is 3.46. The van der Waals surface area contributed by atoms with Gasteiger partial charge in [-0.25, -0.2) is 4.98 Å². The highest BCUT2D eigenvalue weighted by Crippen LogP contribution is 2.25. The molecule has 1 aliphatic heterocycles. The van der Waals surface area contributed by atoms with Crippen LogP contribution in [0, 0.1) is 0 Å². The van der Waals surface area contributed by atoms with Gasteiger partial charge in [-0.05, 0) is 24.3 Å². The highest BCUT2D eigenvalue weighted by molar-refractivity contribution is 5.76.